The maximum absolute atomic E-state index is 12.5. The van der Waals surface area contributed by atoms with Crippen molar-refractivity contribution in [3.8, 4) is 0 Å². The van der Waals surface area contributed by atoms with Crippen molar-refractivity contribution in [2.75, 3.05) is 18.4 Å². The number of rotatable bonds is 6. The van der Waals surface area contributed by atoms with E-state index in [0.717, 1.165) is 36.4 Å². The second-order valence-corrected chi connectivity index (χ2v) is 7.70. The predicted molar refractivity (Wildman–Crippen MR) is 86.9 cm³/mol. The minimum absolute atomic E-state index is 0.137. The molecule has 2 fully saturated rings. The minimum atomic E-state index is -0.137. The first-order valence-electron chi connectivity index (χ1n) is 8.05. The Hall–Kier alpha value is -1.43. The molecule has 0 aliphatic heterocycles. The molecule has 1 aromatic rings. The van der Waals surface area contributed by atoms with Gasteiger partial charge in [-0.15, -0.1) is 11.3 Å². The van der Waals surface area contributed by atoms with Crippen LogP contribution in [0.4, 0.5) is 5.13 Å². The second kappa shape index (κ2) is 6.36. The van der Waals surface area contributed by atoms with Gasteiger partial charge in [-0.2, -0.15) is 0 Å². The highest BCUT2D eigenvalue weighted by Gasteiger charge is 2.34. The molecule has 0 saturated heterocycles. The van der Waals surface area contributed by atoms with E-state index in [2.05, 4.69) is 10.3 Å². The standard InChI is InChI=1S/C16H23N3O2S/c1-10-11(2)22-16(17-10)18-14(20)9-19(8-12-6-7-12)15(21)13-4-3-5-13/h12-13H,3-9H2,1-2H3,(H,17,18,20). The second-order valence-electron chi connectivity index (χ2n) is 6.50. The molecule has 5 nitrogen and oxygen atoms in total. The van der Waals surface area contributed by atoms with Crippen LogP contribution in [0, 0.1) is 25.7 Å². The SMILES string of the molecule is Cc1nc(NC(=O)CN(CC2CC2)C(=O)C2CCC2)sc1C. The van der Waals surface area contributed by atoms with Crippen LogP contribution in [-0.4, -0.2) is 34.8 Å². The lowest BCUT2D eigenvalue weighted by Gasteiger charge is -2.31. The molecule has 2 saturated carbocycles. The van der Waals surface area contributed by atoms with Crippen molar-refractivity contribution in [2.24, 2.45) is 11.8 Å². The monoisotopic (exact) mass is 321 g/mol. The zero-order chi connectivity index (χ0) is 15.7. The molecule has 0 atom stereocenters. The van der Waals surface area contributed by atoms with Crippen LogP contribution < -0.4 is 5.32 Å². The zero-order valence-electron chi connectivity index (χ0n) is 13.2. The van der Waals surface area contributed by atoms with Crippen molar-refractivity contribution in [3.63, 3.8) is 0 Å². The smallest absolute Gasteiger partial charge is 0.245 e. The quantitative estimate of drug-likeness (QED) is 0.876. The summed E-state index contributed by atoms with van der Waals surface area (Å²) in [7, 11) is 0. The van der Waals surface area contributed by atoms with E-state index in [1.807, 2.05) is 13.8 Å². The van der Waals surface area contributed by atoms with Gasteiger partial charge in [0, 0.05) is 17.3 Å². The van der Waals surface area contributed by atoms with Crippen LogP contribution in [0.1, 0.15) is 42.7 Å². The Kier molecular flexibility index (Phi) is 4.47. The molecular formula is C16H23N3O2S. The number of nitrogens with zero attached hydrogens (tertiary/aromatic N) is 2. The van der Waals surface area contributed by atoms with Crippen LogP contribution in [0.2, 0.25) is 0 Å². The topological polar surface area (TPSA) is 62.3 Å². The Balaban J connectivity index is 1.58. The number of carbonyl (C=O) groups excluding carboxylic acids is 2. The largest absolute Gasteiger partial charge is 0.333 e. The van der Waals surface area contributed by atoms with Crippen LogP contribution in [0.15, 0.2) is 0 Å². The molecular weight excluding hydrogens is 298 g/mol. The lowest BCUT2D eigenvalue weighted by Crippen LogP contribution is -2.44. The van der Waals surface area contributed by atoms with Gasteiger partial charge in [0.2, 0.25) is 11.8 Å². The first-order valence-corrected chi connectivity index (χ1v) is 8.87. The molecule has 3 rings (SSSR count). The Morgan fingerprint density at radius 2 is 2.00 bits per heavy atom. The third kappa shape index (κ3) is 3.66. The highest BCUT2D eigenvalue weighted by Crippen LogP contribution is 2.33. The van der Waals surface area contributed by atoms with E-state index < -0.39 is 0 Å². The highest BCUT2D eigenvalue weighted by atomic mass is 32.1. The van der Waals surface area contributed by atoms with Crippen molar-refractivity contribution < 1.29 is 9.59 Å². The maximum atomic E-state index is 12.5. The van der Waals surface area contributed by atoms with Gasteiger partial charge in [0.15, 0.2) is 5.13 Å². The van der Waals surface area contributed by atoms with E-state index in [1.165, 1.54) is 24.2 Å². The predicted octanol–water partition coefficient (Wildman–Crippen LogP) is 2.74. The highest BCUT2D eigenvalue weighted by molar-refractivity contribution is 7.15. The summed E-state index contributed by atoms with van der Waals surface area (Å²) in [5, 5.41) is 3.46. The molecule has 1 N–H and O–H groups in total. The summed E-state index contributed by atoms with van der Waals surface area (Å²) < 4.78 is 0. The van der Waals surface area contributed by atoms with Crippen molar-refractivity contribution >= 4 is 28.3 Å². The van der Waals surface area contributed by atoms with Gasteiger partial charge in [-0.25, -0.2) is 4.98 Å². The fourth-order valence-corrected chi connectivity index (χ4v) is 3.45. The van der Waals surface area contributed by atoms with Crippen LogP contribution in [0.25, 0.3) is 0 Å². The van der Waals surface area contributed by atoms with Crippen molar-refractivity contribution in [1.29, 1.82) is 0 Å². The van der Waals surface area contributed by atoms with Crippen molar-refractivity contribution in [1.82, 2.24) is 9.88 Å². The van der Waals surface area contributed by atoms with Gasteiger partial charge < -0.3 is 10.2 Å². The molecule has 0 unspecified atom stereocenters. The first kappa shape index (κ1) is 15.5. The number of hydrogen-bond acceptors (Lipinski definition) is 4. The van der Waals surface area contributed by atoms with Gasteiger partial charge in [-0.05, 0) is 45.4 Å². The maximum Gasteiger partial charge on any atom is 0.245 e. The third-order valence-corrected chi connectivity index (χ3v) is 5.54. The molecule has 0 spiro atoms. The number of amides is 2. The summed E-state index contributed by atoms with van der Waals surface area (Å²) in [6.45, 7) is 4.81. The van der Waals surface area contributed by atoms with Gasteiger partial charge in [0.1, 0.15) is 0 Å². The van der Waals surface area contributed by atoms with Gasteiger partial charge in [0.05, 0.1) is 12.2 Å². The number of hydrogen-bond donors (Lipinski definition) is 1. The van der Waals surface area contributed by atoms with Gasteiger partial charge in [-0.3, -0.25) is 9.59 Å². The number of nitrogens with one attached hydrogen (secondary N) is 1. The van der Waals surface area contributed by atoms with E-state index in [4.69, 9.17) is 0 Å². The number of aryl methyl sites for hydroxylation is 2. The third-order valence-electron chi connectivity index (χ3n) is 4.55. The van der Waals surface area contributed by atoms with Crippen LogP contribution >= 0.6 is 11.3 Å². The Morgan fingerprint density at radius 3 is 2.50 bits per heavy atom. The average Bonchev–Trinajstić information content (AvgIpc) is 3.13. The Morgan fingerprint density at radius 1 is 1.27 bits per heavy atom. The normalized spacial score (nSPS) is 17.9. The molecule has 120 valence electrons. The first-order chi connectivity index (χ1) is 10.5. The Bertz CT molecular complexity index is 556. The molecule has 22 heavy (non-hydrogen) atoms. The van der Waals surface area contributed by atoms with Crippen LogP contribution in [0.3, 0.4) is 0 Å². The van der Waals surface area contributed by atoms with E-state index in [0.29, 0.717) is 11.0 Å². The van der Waals surface area contributed by atoms with Crippen LogP contribution in [0.5, 0.6) is 0 Å². The van der Waals surface area contributed by atoms with Gasteiger partial charge >= 0.3 is 0 Å². The molecule has 2 amide bonds. The number of thiazole rings is 1. The number of anilines is 1. The lowest BCUT2D eigenvalue weighted by molar-refractivity contribution is -0.141. The van der Waals surface area contributed by atoms with E-state index in [-0.39, 0.29) is 24.3 Å². The summed E-state index contributed by atoms with van der Waals surface area (Å²) in [5.41, 5.74) is 0.945. The van der Waals surface area contributed by atoms with Crippen molar-refractivity contribution in [3.05, 3.63) is 10.6 Å². The Labute approximate surface area is 135 Å². The summed E-state index contributed by atoms with van der Waals surface area (Å²) in [6, 6.07) is 0. The fourth-order valence-electron chi connectivity index (χ4n) is 2.62. The van der Waals surface area contributed by atoms with E-state index >= 15 is 0 Å². The molecule has 0 radical (unpaired) electrons. The van der Waals surface area contributed by atoms with Crippen LogP contribution in [-0.2, 0) is 9.59 Å². The summed E-state index contributed by atoms with van der Waals surface area (Å²) >= 11 is 1.48. The molecule has 2 aliphatic carbocycles. The van der Waals surface area contributed by atoms with Gasteiger partial charge in [0.25, 0.3) is 0 Å². The summed E-state index contributed by atoms with van der Waals surface area (Å²) in [6.07, 6.45) is 5.46. The lowest BCUT2D eigenvalue weighted by atomic mass is 9.84. The molecule has 0 bridgehead atoms. The molecule has 2 aliphatic rings. The van der Waals surface area contributed by atoms with E-state index in [9.17, 15) is 9.59 Å². The number of aromatic nitrogens is 1. The zero-order valence-corrected chi connectivity index (χ0v) is 14.0. The number of carbonyl (C=O) groups is 2. The molecule has 0 aromatic carbocycles. The molecule has 6 heteroatoms. The van der Waals surface area contributed by atoms with Gasteiger partial charge in [-0.1, -0.05) is 6.42 Å². The van der Waals surface area contributed by atoms with Crippen molar-refractivity contribution in [2.45, 2.75) is 46.0 Å². The van der Waals surface area contributed by atoms with E-state index in [1.54, 1.807) is 4.90 Å². The molecule has 1 heterocycles. The molecule has 1 aromatic heterocycles. The summed E-state index contributed by atoms with van der Waals surface area (Å²) in [5.74, 6) is 0.777. The minimum Gasteiger partial charge on any atom is -0.333 e. The average molecular weight is 321 g/mol. The fraction of sp³-hybridized carbons (Fsp3) is 0.688. The summed E-state index contributed by atoms with van der Waals surface area (Å²) in [4.78, 5) is 31.9.